The Morgan fingerprint density at radius 3 is 2.62 bits per heavy atom. The Labute approximate surface area is 254 Å². The number of nitrogens with zero attached hydrogens (tertiary/aromatic N) is 2. The van der Waals surface area contributed by atoms with Gasteiger partial charge < -0.3 is 14.5 Å². The van der Waals surface area contributed by atoms with Gasteiger partial charge in [0.15, 0.2) is 4.80 Å². The summed E-state index contributed by atoms with van der Waals surface area (Å²) in [6, 6.07) is 21.2. The van der Waals surface area contributed by atoms with Gasteiger partial charge in [-0.25, -0.2) is 9.79 Å². The number of fused-ring (bicyclic) bond motifs is 2. The Hall–Kier alpha value is -4.21. The van der Waals surface area contributed by atoms with Crippen molar-refractivity contribution in [2.24, 2.45) is 4.99 Å². The molecule has 0 amide bonds. The molecule has 9 heteroatoms. The van der Waals surface area contributed by atoms with Crippen LogP contribution in [0.3, 0.4) is 0 Å². The van der Waals surface area contributed by atoms with Gasteiger partial charge in [0.2, 0.25) is 0 Å². The number of esters is 1. The van der Waals surface area contributed by atoms with E-state index in [1.54, 1.807) is 25.5 Å². The molecule has 0 saturated carbocycles. The van der Waals surface area contributed by atoms with E-state index in [9.17, 15) is 9.59 Å². The number of ether oxygens (including phenoxy) is 2. The van der Waals surface area contributed by atoms with E-state index in [1.165, 1.54) is 11.3 Å². The maximum Gasteiger partial charge on any atom is 0.338 e. The number of carbonyl (C=O) groups is 1. The molecule has 0 aliphatic carbocycles. The van der Waals surface area contributed by atoms with Gasteiger partial charge in [-0.3, -0.25) is 9.36 Å². The van der Waals surface area contributed by atoms with Crippen molar-refractivity contribution in [2.75, 3.05) is 13.7 Å². The first-order chi connectivity index (χ1) is 20.3. The number of methoxy groups -OCH3 is 1. The molecular weight excluding hydrogens is 614 g/mol. The maximum absolute atomic E-state index is 14.3. The van der Waals surface area contributed by atoms with Gasteiger partial charge in [-0.05, 0) is 78.2 Å². The summed E-state index contributed by atoms with van der Waals surface area (Å²) >= 11 is 4.87. The summed E-state index contributed by atoms with van der Waals surface area (Å²) in [6.45, 7) is 5.81. The SMILES string of the molecule is CCOC(=O)C1=C(C)N=c2s/c(=C/c3c(-c4ccccc4)[nH]c4ccc(C)cc34)c(=O)n2[C@H]1c1ccc(OC)c(Br)c1. The number of nitrogens with one attached hydrogen (secondary N) is 1. The van der Waals surface area contributed by atoms with Crippen LogP contribution in [0.15, 0.2) is 92.3 Å². The molecule has 7 nitrogen and oxygen atoms in total. The minimum Gasteiger partial charge on any atom is -0.496 e. The van der Waals surface area contributed by atoms with Crippen LogP contribution in [0, 0.1) is 6.92 Å². The van der Waals surface area contributed by atoms with Gasteiger partial charge >= 0.3 is 5.97 Å². The fraction of sp³-hybridized carbons (Fsp3) is 0.182. The summed E-state index contributed by atoms with van der Waals surface area (Å²) in [4.78, 5) is 36.3. The first-order valence-electron chi connectivity index (χ1n) is 13.5. The smallest absolute Gasteiger partial charge is 0.338 e. The summed E-state index contributed by atoms with van der Waals surface area (Å²) in [5.74, 6) is 0.149. The number of halogens is 1. The Morgan fingerprint density at radius 1 is 1.12 bits per heavy atom. The molecular formula is C33H28BrN3O4S. The third kappa shape index (κ3) is 4.82. The van der Waals surface area contributed by atoms with Gasteiger partial charge in [-0.15, -0.1) is 0 Å². The molecule has 1 N–H and O–H groups in total. The number of benzene rings is 3. The van der Waals surface area contributed by atoms with Crippen LogP contribution >= 0.6 is 27.3 Å². The van der Waals surface area contributed by atoms with E-state index in [4.69, 9.17) is 14.5 Å². The summed E-state index contributed by atoms with van der Waals surface area (Å²) in [5, 5.41) is 1.03. The second kappa shape index (κ2) is 11.2. The topological polar surface area (TPSA) is 85.7 Å². The molecule has 3 heterocycles. The highest BCUT2D eigenvalue weighted by Gasteiger charge is 2.33. The van der Waals surface area contributed by atoms with Gasteiger partial charge in [-0.2, -0.15) is 0 Å². The Morgan fingerprint density at radius 2 is 1.90 bits per heavy atom. The largest absolute Gasteiger partial charge is 0.496 e. The van der Waals surface area contributed by atoms with Crippen LogP contribution in [-0.2, 0) is 9.53 Å². The summed E-state index contributed by atoms with van der Waals surface area (Å²) in [5.41, 5.74) is 6.35. The zero-order valence-corrected chi connectivity index (χ0v) is 25.9. The number of rotatable bonds is 6. The van der Waals surface area contributed by atoms with Crippen molar-refractivity contribution in [3.8, 4) is 17.0 Å². The number of hydrogen-bond acceptors (Lipinski definition) is 6. The average Bonchev–Trinajstić information content (AvgIpc) is 3.49. The molecule has 212 valence electrons. The molecule has 0 fully saturated rings. The van der Waals surface area contributed by atoms with Gasteiger partial charge in [0.05, 0.1) is 45.7 Å². The average molecular weight is 643 g/mol. The summed E-state index contributed by atoms with van der Waals surface area (Å²) < 4.78 is 13.7. The van der Waals surface area contributed by atoms with Crippen molar-refractivity contribution in [1.82, 2.24) is 9.55 Å². The van der Waals surface area contributed by atoms with Crippen LogP contribution in [0.5, 0.6) is 5.75 Å². The molecule has 0 bridgehead atoms. The van der Waals surface area contributed by atoms with Gasteiger partial charge in [0.1, 0.15) is 5.75 Å². The lowest BCUT2D eigenvalue weighted by atomic mass is 9.96. The van der Waals surface area contributed by atoms with Crippen molar-refractivity contribution < 1.29 is 14.3 Å². The fourth-order valence-electron chi connectivity index (χ4n) is 5.40. The monoisotopic (exact) mass is 641 g/mol. The standard InChI is InChI=1S/C33H28BrN3O4S/c1-5-41-32(39)28-19(3)35-33-37(30(28)21-12-14-26(40-4)24(34)16-21)31(38)27(42-33)17-23-22-15-18(2)11-13-25(22)36-29(23)20-9-7-6-8-10-20/h6-17,30,36H,5H2,1-4H3/b27-17+/t30-/m0/s1. The fourth-order valence-corrected chi connectivity index (χ4v) is 6.99. The molecule has 3 aromatic carbocycles. The molecule has 0 radical (unpaired) electrons. The normalized spacial score (nSPS) is 15.1. The Balaban J connectivity index is 1.62. The highest BCUT2D eigenvalue weighted by Crippen LogP contribution is 2.35. The first-order valence-corrected chi connectivity index (χ1v) is 15.1. The lowest BCUT2D eigenvalue weighted by molar-refractivity contribution is -0.139. The third-order valence-electron chi connectivity index (χ3n) is 7.34. The summed E-state index contributed by atoms with van der Waals surface area (Å²) in [7, 11) is 1.59. The second-order valence-electron chi connectivity index (χ2n) is 10.0. The van der Waals surface area contributed by atoms with Crippen LogP contribution in [0.2, 0.25) is 0 Å². The second-order valence-corrected chi connectivity index (χ2v) is 11.9. The van der Waals surface area contributed by atoms with Gasteiger partial charge in [0.25, 0.3) is 5.56 Å². The minimum absolute atomic E-state index is 0.210. The molecule has 5 aromatic rings. The minimum atomic E-state index is -0.719. The van der Waals surface area contributed by atoms with E-state index in [-0.39, 0.29) is 12.2 Å². The van der Waals surface area contributed by atoms with E-state index in [1.807, 2.05) is 54.6 Å². The number of thiazole rings is 1. The predicted octanol–water partition coefficient (Wildman–Crippen LogP) is 6.03. The van der Waals surface area contributed by atoms with E-state index in [0.717, 1.165) is 38.9 Å². The number of hydrogen-bond donors (Lipinski definition) is 1. The Kier molecular flexibility index (Phi) is 7.47. The number of aryl methyl sites for hydroxylation is 1. The predicted molar refractivity (Wildman–Crippen MR) is 170 cm³/mol. The number of allylic oxidation sites excluding steroid dienone is 1. The van der Waals surface area contributed by atoms with Crippen molar-refractivity contribution in [2.45, 2.75) is 26.8 Å². The molecule has 0 spiro atoms. The number of aromatic amines is 1. The Bertz CT molecular complexity index is 2070. The lowest BCUT2D eigenvalue weighted by Crippen LogP contribution is -2.40. The highest BCUT2D eigenvalue weighted by atomic mass is 79.9. The van der Waals surface area contributed by atoms with Crippen molar-refractivity contribution in [3.05, 3.63) is 119 Å². The summed E-state index contributed by atoms with van der Waals surface area (Å²) in [6.07, 6.45) is 1.94. The van der Waals surface area contributed by atoms with Gasteiger partial charge in [-0.1, -0.05) is 59.4 Å². The van der Waals surface area contributed by atoms with Crippen molar-refractivity contribution in [1.29, 1.82) is 0 Å². The van der Waals surface area contributed by atoms with E-state index < -0.39 is 12.0 Å². The van der Waals surface area contributed by atoms with Crippen LogP contribution < -0.4 is 19.6 Å². The molecule has 2 aromatic heterocycles. The van der Waals surface area contributed by atoms with E-state index in [0.29, 0.717) is 30.8 Å². The molecule has 6 rings (SSSR count). The van der Waals surface area contributed by atoms with E-state index in [2.05, 4.69) is 46.0 Å². The first kappa shape index (κ1) is 27.9. The number of carbonyl (C=O) groups excluding carboxylic acids is 1. The molecule has 0 unspecified atom stereocenters. The lowest BCUT2D eigenvalue weighted by Gasteiger charge is -2.25. The van der Waals surface area contributed by atoms with Crippen molar-refractivity contribution >= 4 is 50.2 Å². The molecule has 1 aliphatic heterocycles. The highest BCUT2D eigenvalue weighted by molar-refractivity contribution is 9.10. The molecule has 0 saturated heterocycles. The molecule has 42 heavy (non-hydrogen) atoms. The van der Waals surface area contributed by atoms with Crippen LogP contribution in [0.25, 0.3) is 28.2 Å². The number of aromatic nitrogens is 2. The number of H-pyrrole nitrogens is 1. The van der Waals surface area contributed by atoms with E-state index >= 15 is 0 Å². The maximum atomic E-state index is 14.3. The quantitative estimate of drug-likeness (QED) is 0.230. The van der Waals surface area contributed by atoms with Crippen LogP contribution in [0.1, 0.15) is 36.6 Å². The third-order valence-corrected chi connectivity index (χ3v) is 8.94. The molecule has 1 aliphatic rings. The zero-order chi connectivity index (χ0) is 29.5. The van der Waals surface area contributed by atoms with Crippen LogP contribution in [-0.4, -0.2) is 29.2 Å². The van der Waals surface area contributed by atoms with Crippen LogP contribution in [0.4, 0.5) is 0 Å². The van der Waals surface area contributed by atoms with Crippen molar-refractivity contribution in [3.63, 3.8) is 0 Å². The zero-order valence-electron chi connectivity index (χ0n) is 23.5. The molecule has 1 atom stereocenters. The van der Waals surface area contributed by atoms with Gasteiger partial charge in [0, 0.05) is 16.5 Å².